The third-order valence-corrected chi connectivity index (χ3v) is 5.80. The van der Waals surface area contributed by atoms with E-state index in [1.165, 1.54) is 18.4 Å². The van der Waals surface area contributed by atoms with Crippen molar-refractivity contribution in [2.75, 3.05) is 31.1 Å². The number of rotatable bonds is 3. The van der Waals surface area contributed by atoms with Crippen LogP contribution in [0.1, 0.15) is 64.2 Å². The molecule has 4 nitrogen and oxygen atoms in total. The molecule has 0 bridgehead atoms. The minimum absolute atomic E-state index is 0.175. The number of nitrogens with zero attached hydrogens (tertiary/aromatic N) is 2. The molecule has 1 aromatic rings. The number of carbonyl (C=O) groups is 1. The molecular formula is C22H34N2O2. The van der Waals surface area contributed by atoms with Crippen LogP contribution in [0.2, 0.25) is 0 Å². The summed E-state index contributed by atoms with van der Waals surface area (Å²) in [7, 11) is 0. The van der Waals surface area contributed by atoms with Gasteiger partial charge in [0.1, 0.15) is 0 Å². The van der Waals surface area contributed by atoms with Crippen LogP contribution in [0.25, 0.3) is 0 Å². The first-order chi connectivity index (χ1) is 12.3. The number of β-amino-alcohol motifs (C(OH)–C–C–N with tert-alkyl or cyclic N) is 1. The first-order valence-corrected chi connectivity index (χ1v) is 10.1. The maximum Gasteiger partial charge on any atom is 0.232 e. The molecule has 1 atom stereocenters. The number of aryl methyl sites for hydroxylation is 1. The van der Waals surface area contributed by atoms with E-state index >= 15 is 0 Å². The molecule has 1 aromatic carbocycles. The molecule has 1 unspecified atom stereocenters. The molecule has 1 saturated heterocycles. The summed E-state index contributed by atoms with van der Waals surface area (Å²) < 4.78 is 0. The van der Waals surface area contributed by atoms with Crippen LogP contribution < -0.4 is 4.90 Å². The fraction of sp³-hybridized carbons (Fsp3) is 0.682. The van der Waals surface area contributed by atoms with Gasteiger partial charge >= 0.3 is 0 Å². The van der Waals surface area contributed by atoms with E-state index < -0.39 is 6.10 Å². The van der Waals surface area contributed by atoms with E-state index in [9.17, 15) is 9.90 Å². The van der Waals surface area contributed by atoms with Gasteiger partial charge in [0.2, 0.25) is 5.91 Å². The third-order valence-electron chi connectivity index (χ3n) is 5.80. The quantitative estimate of drug-likeness (QED) is 0.894. The Kier molecular flexibility index (Phi) is 5.73. The molecule has 2 aliphatic heterocycles. The van der Waals surface area contributed by atoms with Crippen molar-refractivity contribution in [3.05, 3.63) is 29.3 Å². The Bertz CT molecular complexity index is 642. The van der Waals surface area contributed by atoms with Crippen LogP contribution in [0, 0.1) is 11.3 Å². The Labute approximate surface area is 158 Å². The summed E-state index contributed by atoms with van der Waals surface area (Å²) in [5.74, 6) is 0.979. The highest BCUT2D eigenvalue weighted by molar-refractivity contribution is 5.98. The van der Waals surface area contributed by atoms with Gasteiger partial charge < -0.3 is 14.9 Å². The number of anilines is 1. The predicted octanol–water partition coefficient (Wildman–Crippen LogP) is 3.78. The fourth-order valence-electron chi connectivity index (χ4n) is 4.03. The standard InChI is InChI=1S/C22H34N2O2/c1-16-9-12-23(13-10-16)15-20(25)18-7-8-19-17(14-18)6-5-11-24(19)21(26)22(2,3)4/h7-8,14,16,20,25H,5-6,9-13,15H2,1-4H3. The molecule has 0 aromatic heterocycles. The van der Waals surface area contributed by atoms with E-state index in [4.69, 9.17) is 0 Å². The first kappa shape index (κ1) is 19.4. The van der Waals surface area contributed by atoms with Crippen molar-refractivity contribution >= 4 is 11.6 Å². The maximum atomic E-state index is 12.8. The van der Waals surface area contributed by atoms with Gasteiger partial charge in [0.15, 0.2) is 0 Å². The maximum absolute atomic E-state index is 12.8. The molecule has 0 radical (unpaired) electrons. The predicted molar refractivity (Wildman–Crippen MR) is 106 cm³/mol. The van der Waals surface area contributed by atoms with E-state index in [-0.39, 0.29) is 11.3 Å². The molecule has 1 N–H and O–H groups in total. The molecule has 0 spiro atoms. The Morgan fingerprint density at radius 3 is 2.58 bits per heavy atom. The Balaban J connectivity index is 1.73. The van der Waals surface area contributed by atoms with Crippen molar-refractivity contribution < 1.29 is 9.90 Å². The highest BCUT2D eigenvalue weighted by Crippen LogP contribution is 2.33. The van der Waals surface area contributed by atoms with Gasteiger partial charge in [0, 0.05) is 24.2 Å². The second-order valence-corrected chi connectivity index (χ2v) is 9.20. The topological polar surface area (TPSA) is 43.8 Å². The van der Waals surface area contributed by atoms with Crippen LogP contribution in [-0.2, 0) is 11.2 Å². The second kappa shape index (κ2) is 7.69. The van der Waals surface area contributed by atoms with Gasteiger partial charge in [-0.3, -0.25) is 4.79 Å². The minimum atomic E-state index is -0.456. The van der Waals surface area contributed by atoms with Crippen molar-refractivity contribution in [1.29, 1.82) is 0 Å². The molecule has 3 rings (SSSR count). The highest BCUT2D eigenvalue weighted by atomic mass is 16.3. The average Bonchev–Trinajstić information content (AvgIpc) is 2.61. The smallest absolute Gasteiger partial charge is 0.232 e. The van der Waals surface area contributed by atoms with E-state index in [1.807, 2.05) is 37.8 Å². The van der Waals surface area contributed by atoms with Crippen molar-refractivity contribution in [3.8, 4) is 0 Å². The average molecular weight is 359 g/mol. The van der Waals surface area contributed by atoms with E-state index in [0.29, 0.717) is 6.54 Å². The highest BCUT2D eigenvalue weighted by Gasteiger charge is 2.31. The van der Waals surface area contributed by atoms with Gasteiger partial charge in [0.05, 0.1) is 6.10 Å². The molecule has 0 aliphatic carbocycles. The summed E-state index contributed by atoms with van der Waals surface area (Å²) in [6.07, 6.45) is 3.95. The summed E-state index contributed by atoms with van der Waals surface area (Å²) in [5.41, 5.74) is 2.82. The number of amides is 1. The minimum Gasteiger partial charge on any atom is -0.387 e. The van der Waals surface area contributed by atoms with E-state index in [2.05, 4.69) is 17.9 Å². The molecule has 4 heteroatoms. The lowest BCUT2D eigenvalue weighted by atomic mass is 9.91. The van der Waals surface area contributed by atoms with Gasteiger partial charge in [-0.1, -0.05) is 39.8 Å². The van der Waals surface area contributed by atoms with Crippen LogP contribution in [0.3, 0.4) is 0 Å². The molecule has 2 aliphatic rings. The van der Waals surface area contributed by atoms with Crippen molar-refractivity contribution in [1.82, 2.24) is 4.90 Å². The molecule has 0 saturated carbocycles. The summed E-state index contributed by atoms with van der Waals surface area (Å²) >= 11 is 0. The Morgan fingerprint density at radius 1 is 1.23 bits per heavy atom. The van der Waals surface area contributed by atoms with Gasteiger partial charge in [-0.05, 0) is 61.9 Å². The van der Waals surface area contributed by atoms with Crippen LogP contribution in [-0.4, -0.2) is 42.1 Å². The van der Waals surface area contributed by atoms with Crippen molar-refractivity contribution in [2.24, 2.45) is 11.3 Å². The number of hydrogen-bond acceptors (Lipinski definition) is 3. The summed E-state index contributed by atoms with van der Waals surface area (Å²) in [6, 6.07) is 6.16. The molecule has 1 fully saturated rings. The number of aliphatic hydroxyl groups excluding tert-OH is 1. The number of carbonyl (C=O) groups excluding carboxylic acids is 1. The SMILES string of the molecule is CC1CCN(CC(O)c2ccc3c(c2)CCCN3C(=O)C(C)(C)C)CC1. The number of hydrogen-bond donors (Lipinski definition) is 1. The van der Waals surface area contributed by atoms with Crippen LogP contribution in [0.4, 0.5) is 5.69 Å². The lowest BCUT2D eigenvalue weighted by Gasteiger charge is -2.35. The molecule has 2 heterocycles. The summed E-state index contributed by atoms with van der Waals surface area (Å²) in [5, 5.41) is 10.7. The molecule has 1 amide bonds. The van der Waals surface area contributed by atoms with Crippen molar-refractivity contribution in [2.45, 2.75) is 59.5 Å². The summed E-state index contributed by atoms with van der Waals surface area (Å²) in [4.78, 5) is 17.1. The third kappa shape index (κ3) is 4.29. The normalized spacial score (nSPS) is 20.7. The number of fused-ring (bicyclic) bond motifs is 1. The van der Waals surface area contributed by atoms with E-state index in [1.54, 1.807) is 0 Å². The lowest BCUT2D eigenvalue weighted by Crippen LogP contribution is -2.42. The zero-order valence-corrected chi connectivity index (χ0v) is 16.8. The molecule has 144 valence electrons. The van der Waals surface area contributed by atoms with E-state index in [0.717, 1.165) is 49.6 Å². The van der Waals surface area contributed by atoms with Gasteiger partial charge in [0.25, 0.3) is 0 Å². The van der Waals surface area contributed by atoms with Crippen LogP contribution in [0.15, 0.2) is 18.2 Å². The Morgan fingerprint density at radius 2 is 1.92 bits per heavy atom. The first-order valence-electron chi connectivity index (χ1n) is 10.1. The van der Waals surface area contributed by atoms with Crippen LogP contribution >= 0.6 is 0 Å². The van der Waals surface area contributed by atoms with Gasteiger partial charge in [-0.15, -0.1) is 0 Å². The largest absolute Gasteiger partial charge is 0.387 e. The van der Waals surface area contributed by atoms with Gasteiger partial charge in [-0.25, -0.2) is 0 Å². The van der Waals surface area contributed by atoms with Crippen molar-refractivity contribution in [3.63, 3.8) is 0 Å². The number of piperidine rings is 1. The lowest BCUT2D eigenvalue weighted by molar-refractivity contribution is -0.125. The monoisotopic (exact) mass is 358 g/mol. The summed E-state index contributed by atoms with van der Waals surface area (Å²) in [6.45, 7) is 11.9. The number of aliphatic hydroxyl groups is 1. The van der Waals surface area contributed by atoms with Gasteiger partial charge in [-0.2, -0.15) is 0 Å². The fourth-order valence-corrected chi connectivity index (χ4v) is 4.03. The van der Waals surface area contributed by atoms with Crippen LogP contribution in [0.5, 0.6) is 0 Å². The Hall–Kier alpha value is -1.39. The zero-order valence-electron chi connectivity index (χ0n) is 16.8. The second-order valence-electron chi connectivity index (χ2n) is 9.20. The number of benzene rings is 1. The number of likely N-dealkylation sites (tertiary alicyclic amines) is 1. The molecule has 26 heavy (non-hydrogen) atoms. The zero-order chi connectivity index (χ0) is 18.9. The molecular weight excluding hydrogens is 324 g/mol.